The largest absolute Gasteiger partial charge is 0.328 e. The first-order valence-electron chi connectivity index (χ1n) is 6.15. The summed E-state index contributed by atoms with van der Waals surface area (Å²) in [6, 6.07) is 2.92. The molecule has 4 nitrogen and oxygen atoms in total. The minimum absolute atomic E-state index is 0.0345. The monoisotopic (exact) mass is 400 g/mol. The Labute approximate surface area is 137 Å². The molecule has 0 radical (unpaired) electrons. The van der Waals surface area contributed by atoms with Gasteiger partial charge in [-0.05, 0) is 31.9 Å². The van der Waals surface area contributed by atoms with Gasteiger partial charge in [-0.2, -0.15) is 4.31 Å². The van der Waals surface area contributed by atoms with Gasteiger partial charge in [0.2, 0.25) is 10.0 Å². The molecule has 0 saturated carbocycles. The summed E-state index contributed by atoms with van der Waals surface area (Å²) in [4.78, 5) is -0.0358. The Balaban J connectivity index is 2.46. The van der Waals surface area contributed by atoms with Crippen LogP contribution in [0.25, 0.3) is 0 Å². The minimum atomic E-state index is -3.72. The van der Waals surface area contributed by atoms with Crippen molar-refractivity contribution in [3.8, 4) is 0 Å². The van der Waals surface area contributed by atoms with Crippen molar-refractivity contribution in [2.24, 2.45) is 5.73 Å². The van der Waals surface area contributed by atoms with Gasteiger partial charge >= 0.3 is 0 Å². The molecule has 1 fully saturated rings. The molecule has 1 saturated heterocycles. The third-order valence-corrected chi connectivity index (χ3v) is 6.78. The average molecular weight is 402 g/mol. The zero-order chi connectivity index (χ0) is 15.1. The molecule has 112 valence electrons. The first-order chi connectivity index (χ1) is 9.23. The van der Waals surface area contributed by atoms with Crippen LogP contribution in [0.1, 0.15) is 19.8 Å². The maximum absolute atomic E-state index is 12.8. The van der Waals surface area contributed by atoms with E-state index < -0.39 is 10.0 Å². The lowest BCUT2D eigenvalue weighted by Gasteiger charge is -2.35. The molecule has 0 aromatic heterocycles. The molecule has 8 heteroatoms. The Morgan fingerprint density at radius 2 is 1.90 bits per heavy atom. The maximum Gasteiger partial charge on any atom is 0.246 e. The highest BCUT2D eigenvalue weighted by Gasteiger charge is 2.36. The Morgan fingerprint density at radius 3 is 2.40 bits per heavy atom. The van der Waals surface area contributed by atoms with Crippen molar-refractivity contribution in [3.05, 3.63) is 26.7 Å². The molecule has 2 atom stereocenters. The number of nitrogens with two attached hydrogens (primary N) is 1. The summed E-state index contributed by atoms with van der Waals surface area (Å²) >= 11 is 15.4. The molecule has 1 aliphatic rings. The summed E-state index contributed by atoms with van der Waals surface area (Å²) in [5.41, 5.74) is 5.87. The first-order valence-corrected chi connectivity index (χ1v) is 9.14. The van der Waals surface area contributed by atoms with Crippen LogP contribution in [-0.2, 0) is 10.0 Å². The topological polar surface area (TPSA) is 63.4 Å². The van der Waals surface area contributed by atoms with E-state index in [2.05, 4.69) is 15.9 Å². The summed E-state index contributed by atoms with van der Waals surface area (Å²) in [7, 11) is -3.72. The van der Waals surface area contributed by atoms with Gasteiger partial charge in [-0.25, -0.2) is 8.42 Å². The summed E-state index contributed by atoms with van der Waals surface area (Å²) in [6.07, 6.45) is 1.26. The molecule has 1 heterocycles. The van der Waals surface area contributed by atoms with Crippen LogP contribution < -0.4 is 5.73 Å². The Kier molecular flexibility index (Phi) is 5.04. The van der Waals surface area contributed by atoms with Crippen LogP contribution in [0.2, 0.25) is 10.0 Å². The molecule has 0 aliphatic carbocycles. The van der Waals surface area contributed by atoms with Crippen molar-refractivity contribution < 1.29 is 8.42 Å². The van der Waals surface area contributed by atoms with E-state index in [4.69, 9.17) is 28.9 Å². The minimum Gasteiger partial charge on any atom is -0.328 e. The fraction of sp³-hybridized carbons (Fsp3) is 0.500. The molecule has 0 amide bonds. The molecule has 1 aromatic carbocycles. The van der Waals surface area contributed by atoms with Crippen molar-refractivity contribution in [2.75, 3.05) is 6.54 Å². The summed E-state index contributed by atoms with van der Waals surface area (Å²) in [6.45, 7) is 2.23. The van der Waals surface area contributed by atoms with Crippen molar-refractivity contribution >= 4 is 49.2 Å². The summed E-state index contributed by atoms with van der Waals surface area (Å²) in [5, 5.41) is 0.234. The van der Waals surface area contributed by atoms with E-state index in [9.17, 15) is 8.42 Å². The van der Waals surface area contributed by atoms with Gasteiger partial charge in [-0.3, -0.25) is 0 Å². The van der Waals surface area contributed by atoms with E-state index in [1.54, 1.807) is 0 Å². The van der Waals surface area contributed by atoms with Crippen LogP contribution in [-0.4, -0.2) is 31.4 Å². The van der Waals surface area contributed by atoms with E-state index >= 15 is 0 Å². The molecule has 2 unspecified atom stereocenters. The highest BCUT2D eigenvalue weighted by Crippen LogP contribution is 2.36. The number of sulfonamides is 1. The Bertz CT molecular complexity index is 601. The van der Waals surface area contributed by atoms with Crippen molar-refractivity contribution in [1.82, 2.24) is 4.31 Å². The Morgan fingerprint density at radius 1 is 1.35 bits per heavy atom. The normalized spacial score (nSPS) is 24.9. The fourth-order valence-corrected chi connectivity index (χ4v) is 5.98. The lowest BCUT2D eigenvalue weighted by Crippen LogP contribution is -2.48. The fourth-order valence-electron chi connectivity index (χ4n) is 2.44. The molecule has 0 bridgehead atoms. The van der Waals surface area contributed by atoms with E-state index in [-0.39, 0.29) is 27.0 Å². The lowest BCUT2D eigenvalue weighted by atomic mass is 10.0. The van der Waals surface area contributed by atoms with E-state index in [0.29, 0.717) is 23.9 Å². The number of hydrogen-bond donors (Lipinski definition) is 1. The van der Waals surface area contributed by atoms with Gasteiger partial charge in [0.1, 0.15) is 4.90 Å². The van der Waals surface area contributed by atoms with Crippen LogP contribution in [0, 0.1) is 0 Å². The zero-order valence-electron chi connectivity index (χ0n) is 10.8. The number of rotatable bonds is 2. The summed E-state index contributed by atoms with van der Waals surface area (Å²) < 4.78 is 27.6. The Hall–Kier alpha value is 0.150. The first kappa shape index (κ1) is 16.5. The van der Waals surface area contributed by atoms with E-state index in [0.717, 1.165) is 0 Å². The second kappa shape index (κ2) is 6.10. The van der Waals surface area contributed by atoms with Crippen LogP contribution >= 0.6 is 39.1 Å². The molecule has 20 heavy (non-hydrogen) atoms. The molecule has 1 aromatic rings. The molecule has 2 rings (SSSR count). The second-order valence-corrected chi connectivity index (χ2v) is 8.51. The highest BCUT2D eigenvalue weighted by atomic mass is 79.9. The van der Waals surface area contributed by atoms with Crippen molar-refractivity contribution in [3.63, 3.8) is 0 Å². The van der Waals surface area contributed by atoms with Gasteiger partial charge in [0.05, 0.1) is 10.0 Å². The van der Waals surface area contributed by atoms with Crippen LogP contribution in [0.15, 0.2) is 21.5 Å². The number of nitrogens with zero attached hydrogens (tertiary/aromatic N) is 1. The predicted octanol–water partition coefficient (Wildman–Crippen LogP) is 3.26. The predicted molar refractivity (Wildman–Crippen MR) is 84.7 cm³/mol. The third-order valence-electron chi connectivity index (χ3n) is 3.39. The molecular formula is C12H15BrCl2N2O2S. The van der Waals surface area contributed by atoms with E-state index in [1.165, 1.54) is 16.4 Å². The highest BCUT2D eigenvalue weighted by molar-refractivity contribution is 9.10. The maximum atomic E-state index is 12.8. The van der Waals surface area contributed by atoms with Gasteiger partial charge in [-0.1, -0.05) is 39.1 Å². The number of halogens is 3. The number of hydrogen-bond acceptors (Lipinski definition) is 3. The quantitative estimate of drug-likeness (QED) is 0.826. The van der Waals surface area contributed by atoms with Gasteiger partial charge < -0.3 is 5.73 Å². The van der Waals surface area contributed by atoms with Crippen molar-refractivity contribution in [2.45, 2.75) is 36.7 Å². The van der Waals surface area contributed by atoms with Gasteiger partial charge in [0, 0.05) is 23.1 Å². The van der Waals surface area contributed by atoms with Gasteiger partial charge in [0.15, 0.2) is 0 Å². The molecule has 1 aliphatic heterocycles. The van der Waals surface area contributed by atoms with Gasteiger partial charge in [-0.15, -0.1) is 0 Å². The van der Waals surface area contributed by atoms with Crippen LogP contribution in [0.3, 0.4) is 0 Å². The van der Waals surface area contributed by atoms with E-state index in [1.807, 2.05) is 6.92 Å². The second-order valence-electron chi connectivity index (χ2n) is 4.95. The summed E-state index contributed by atoms with van der Waals surface area (Å²) in [5.74, 6) is 0. The molecule has 0 spiro atoms. The number of benzene rings is 1. The SMILES string of the molecule is CC1CC(N)CCN1S(=O)(=O)c1c(Cl)cc(Br)cc1Cl. The van der Waals surface area contributed by atoms with Crippen LogP contribution in [0.4, 0.5) is 0 Å². The molecule has 2 N–H and O–H groups in total. The standard InChI is InChI=1S/C12H15BrCl2N2O2S/c1-7-4-9(16)2-3-17(7)20(18,19)12-10(14)5-8(13)6-11(12)15/h5-7,9H,2-4,16H2,1H3. The number of piperidine rings is 1. The smallest absolute Gasteiger partial charge is 0.246 e. The van der Waals surface area contributed by atoms with Gasteiger partial charge in [0.25, 0.3) is 0 Å². The average Bonchev–Trinajstić information content (AvgIpc) is 2.25. The van der Waals surface area contributed by atoms with Crippen LogP contribution in [0.5, 0.6) is 0 Å². The van der Waals surface area contributed by atoms with Crippen molar-refractivity contribution in [1.29, 1.82) is 0 Å². The third kappa shape index (κ3) is 3.15. The zero-order valence-corrected chi connectivity index (χ0v) is 14.7. The lowest BCUT2D eigenvalue weighted by molar-refractivity contribution is 0.247. The molecular weight excluding hydrogens is 387 g/mol.